The summed E-state index contributed by atoms with van der Waals surface area (Å²) in [7, 11) is 0. The van der Waals surface area contributed by atoms with E-state index in [1.165, 1.54) is 0 Å². The molecule has 2 aromatic rings. The van der Waals surface area contributed by atoms with Crippen molar-refractivity contribution in [3.63, 3.8) is 0 Å². The van der Waals surface area contributed by atoms with E-state index in [4.69, 9.17) is 16.2 Å². The minimum Gasteiger partial charge on any atom is -0.396 e. The van der Waals surface area contributed by atoms with Gasteiger partial charge in [0.05, 0.1) is 36.3 Å². The predicted molar refractivity (Wildman–Crippen MR) is 73.6 cm³/mol. The molecule has 0 spiro atoms. The highest BCUT2D eigenvalue weighted by Crippen LogP contribution is 2.28. The number of nitrogen functional groups attached to an aromatic ring is 2. The van der Waals surface area contributed by atoms with Crippen LogP contribution < -0.4 is 16.4 Å². The smallest absolute Gasteiger partial charge is 0.0740 e. The number of nitrogens with two attached hydrogens (primary N) is 2. The van der Waals surface area contributed by atoms with E-state index in [1.807, 2.05) is 6.07 Å². The average Bonchev–Trinajstić information content (AvgIpc) is 2.44. The Morgan fingerprint density at radius 2 is 1.94 bits per heavy atom. The van der Waals surface area contributed by atoms with Gasteiger partial charge in [0.2, 0.25) is 0 Å². The molecule has 0 atom stereocenters. The van der Waals surface area contributed by atoms with Crippen molar-refractivity contribution < 1.29 is 4.74 Å². The van der Waals surface area contributed by atoms with Crippen molar-refractivity contribution in [2.45, 2.75) is 0 Å². The second-order valence-corrected chi connectivity index (χ2v) is 4.43. The molecule has 2 heterocycles. The SMILES string of the molecule is Nc1cnc2ccc(N3CCOCC3)cc2c1N. The summed E-state index contributed by atoms with van der Waals surface area (Å²) in [4.78, 5) is 6.56. The maximum atomic E-state index is 6.01. The number of ether oxygens (including phenoxy) is 1. The number of aromatic nitrogens is 1. The van der Waals surface area contributed by atoms with Crippen LogP contribution in [-0.2, 0) is 4.74 Å². The Balaban J connectivity index is 2.06. The third-order valence-electron chi connectivity index (χ3n) is 3.30. The van der Waals surface area contributed by atoms with E-state index in [1.54, 1.807) is 6.20 Å². The Morgan fingerprint density at radius 3 is 2.72 bits per heavy atom. The standard InChI is InChI=1S/C13H16N4O/c14-11-8-16-12-2-1-9(7-10(12)13(11)15)17-3-5-18-6-4-17/h1-2,7-8H,3-6,14H2,(H2,15,16). The lowest BCUT2D eigenvalue weighted by Gasteiger charge is -2.29. The molecule has 3 rings (SSSR count). The van der Waals surface area contributed by atoms with Crippen LogP contribution >= 0.6 is 0 Å². The summed E-state index contributed by atoms with van der Waals surface area (Å²) >= 11 is 0. The lowest BCUT2D eigenvalue weighted by atomic mass is 10.1. The van der Waals surface area contributed by atoms with Crippen molar-refractivity contribution in [2.75, 3.05) is 42.7 Å². The molecule has 5 heteroatoms. The van der Waals surface area contributed by atoms with Crippen LogP contribution in [0.5, 0.6) is 0 Å². The normalized spacial score (nSPS) is 16.1. The van der Waals surface area contributed by atoms with Crippen molar-refractivity contribution in [3.05, 3.63) is 24.4 Å². The fourth-order valence-corrected chi connectivity index (χ4v) is 2.23. The van der Waals surface area contributed by atoms with Gasteiger partial charge in [0.25, 0.3) is 0 Å². The van der Waals surface area contributed by atoms with Gasteiger partial charge in [-0.05, 0) is 18.2 Å². The Bertz CT molecular complexity index is 578. The van der Waals surface area contributed by atoms with E-state index in [-0.39, 0.29) is 0 Å². The van der Waals surface area contributed by atoms with Crippen LogP contribution in [0.3, 0.4) is 0 Å². The Morgan fingerprint density at radius 1 is 1.17 bits per heavy atom. The second kappa shape index (κ2) is 4.34. The minimum absolute atomic E-state index is 0.529. The van der Waals surface area contributed by atoms with Gasteiger partial charge in [0, 0.05) is 24.2 Å². The fourth-order valence-electron chi connectivity index (χ4n) is 2.23. The summed E-state index contributed by atoms with van der Waals surface area (Å²) in [5, 5.41) is 0.916. The van der Waals surface area contributed by atoms with E-state index in [2.05, 4.69) is 22.0 Å². The van der Waals surface area contributed by atoms with Gasteiger partial charge in [0.15, 0.2) is 0 Å². The summed E-state index contributed by atoms with van der Waals surface area (Å²) in [5.41, 5.74) is 15.0. The number of benzene rings is 1. The number of morpholine rings is 1. The lowest BCUT2D eigenvalue weighted by Crippen LogP contribution is -2.36. The van der Waals surface area contributed by atoms with Crippen molar-refractivity contribution in [3.8, 4) is 0 Å². The second-order valence-electron chi connectivity index (χ2n) is 4.43. The highest BCUT2D eigenvalue weighted by Gasteiger charge is 2.12. The summed E-state index contributed by atoms with van der Waals surface area (Å²) < 4.78 is 5.35. The molecule has 0 aliphatic carbocycles. The molecule has 1 fully saturated rings. The molecule has 0 radical (unpaired) electrons. The highest BCUT2D eigenvalue weighted by atomic mass is 16.5. The predicted octanol–water partition coefficient (Wildman–Crippen LogP) is 1.24. The van der Waals surface area contributed by atoms with E-state index in [0.717, 1.165) is 42.9 Å². The lowest BCUT2D eigenvalue weighted by molar-refractivity contribution is 0.122. The maximum Gasteiger partial charge on any atom is 0.0740 e. The topological polar surface area (TPSA) is 77.4 Å². The molecule has 1 aromatic carbocycles. The first-order valence-electron chi connectivity index (χ1n) is 6.02. The summed E-state index contributed by atoms with van der Waals surface area (Å²) in [6.07, 6.45) is 1.60. The van der Waals surface area contributed by atoms with Crippen LogP contribution in [-0.4, -0.2) is 31.3 Å². The van der Waals surface area contributed by atoms with Crippen molar-refractivity contribution in [1.29, 1.82) is 0 Å². The molecule has 4 N–H and O–H groups in total. The molecule has 1 aliphatic heterocycles. The molecule has 1 aliphatic rings. The third kappa shape index (κ3) is 1.82. The summed E-state index contributed by atoms with van der Waals surface area (Å²) in [6.45, 7) is 3.34. The summed E-state index contributed by atoms with van der Waals surface area (Å²) in [5.74, 6) is 0. The number of pyridine rings is 1. The van der Waals surface area contributed by atoms with Crippen LogP contribution in [0.25, 0.3) is 10.9 Å². The van der Waals surface area contributed by atoms with Crippen LogP contribution in [0.4, 0.5) is 17.1 Å². The molecule has 0 unspecified atom stereocenters. The van der Waals surface area contributed by atoms with Crippen molar-refractivity contribution in [2.24, 2.45) is 0 Å². The molecule has 1 aromatic heterocycles. The maximum absolute atomic E-state index is 6.01. The van der Waals surface area contributed by atoms with Gasteiger partial charge in [-0.2, -0.15) is 0 Å². The molecule has 94 valence electrons. The molecule has 1 saturated heterocycles. The number of hydrogen-bond donors (Lipinski definition) is 2. The Labute approximate surface area is 105 Å². The molecule has 0 saturated carbocycles. The number of anilines is 3. The minimum atomic E-state index is 0.529. The van der Waals surface area contributed by atoms with Crippen LogP contribution in [0.1, 0.15) is 0 Å². The monoisotopic (exact) mass is 244 g/mol. The zero-order valence-corrected chi connectivity index (χ0v) is 10.1. The third-order valence-corrected chi connectivity index (χ3v) is 3.30. The number of fused-ring (bicyclic) bond motifs is 1. The highest BCUT2D eigenvalue weighted by molar-refractivity contribution is 5.97. The van der Waals surface area contributed by atoms with Gasteiger partial charge in [-0.3, -0.25) is 4.98 Å². The molecule has 0 amide bonds. The quantitative estimate of drug-likeness (QED) is 0.789. The fraction of sp³-hybridized carbons (Fsp3) is 0.308. The van der Waals surface area contributed by atoms with E-state index < -0.39 is 0 Å². The zero-order valence-electron chi connectivity index (χ0n) is 10.1. The number of nitrogens with zero attached hydrogens (tertiary/aromatic N) is 2. The van der Waals surface area contributed by atoms with Gasteiger partial charge < -0.3 is 21.1 Å². The molecular weight excluding hydrogens is 228 g/mol. The van der Waals surface area contributed by atoms with Gasteiger partial charge in [0.1, 0.15) is 0 Å². The molecular formula is C13H16N4O. The van der Waals surface area contributed by atoms with Gasteiger partial charge >= 0.3 is 0 Å². The largest absolute Gasteiger partial charge is 0.396 e. The van der Waals surface area contributed by atoms with Crippen LogP contribution in [0.2, 0.25) is 0 Å². The number of hydrogen-bond acceptors (Lipinski definition) is 5. The number of rotatable bonds is 1. The van der Waals surface area contributed by atoms with E-state index in [0.29, 0.717) is 11.4 Å². The zero-order chi connectivity index (χ0) is 12.5. The Kier molecular flexibility index (Phi) is 2.68. The van der Waals surface area contributed by atoms with E-state index in [9.17, 15) is 0 Å². The van der Waals surface area contributed by atoms with Gasteiger partial charge in [-0.15, -0.1) is 0 Å². The van der Waals surface area contributed by atoms with Gasteiger partial charge in [-0.1, -0.05) is 0 Å². The molecule has 18 heavy (non-hydrogen) atoms. The average molecular weight is 244 g/mol. The van der Waals surface area contributed by atoms with Gasteiger partial charge in [-0.25, -0.2) is 0 Å². The summed E-state index contributed by atoms with van der Waals surface area (Å²) in [6, 6.07) is 6.10. The first-order valence-corrected chi connectivity index (χ1v) is 6.02. The first kappa shape index (κ1) is 11.1. The molecule has 0 bridgehead atoms. The molecule has 5 nitrogen and oxygen atoms in total. The van der Waals surface area contributed by atoms with Crippen molar-refractivity contribution >= 4 is 28.0 Å². The van der Waals surface area contributed by atoms with Crippen molar-refractivity contribution in [1.82, 2.24) is 4.98 Å². The first-order chi connectivity index (χ1) is 8.75. The van der Waals surface area contributed by atoms with Crippen LogP contribution in [0.15, 0.2) is 24.4 Å². The Hall–Kier alpha value is -2.01. The van der Waals surface area contributed by atoms with E-state index >= 15 is 0 Å². The van der Waals surface area contributed by atoms with Crippen LogP contribution in [0, 0.1) is 0 Å².